The van der Waals surface area contributed by atoms with Crippen LogP contribution in [0.2, 0.25) is 0 Å². The van der Waals surface area contributed by atoms with Gasteiger partial charge in [-0.3, -0.25) is 9.59 Å². The standard InChI is InChI=1S/C33H44N4O2S2/c1-2-3-4-5-6-7-8-9-10-11-12-13-14-15-16-17-18-19-20-21-32(38)35-24-26-40-41-27-25-36-33(39)30-22-23-31(28-34)37-29-30/h3-4,6-7,9-10,12-13,15-16,18-19,22-23,29H,2,5,8,11,14,17,20-21,24-27H2,1H3,(H,35,38)(H,36,39). The van der Waals surface area contributed by atoms with E-state index in [9.17, 15) is 9.59 Å². The summed E-state index contributed by atoms with van der Waals surface area (Å²) in [6, 6.07) is 5.04. The molecule has 41 heavy (non-hydrogen) atoms. The highest BCUT2D eigenvalue weighted by molar-refractivity contribution is 8.76. The molecule has 8 heteroatoms. The van der Waals surface area contributed by atoms with Crippen LogP contribution in [0.15, 0.2) is 91.2 Å². The van der Waals surface area contributed by atoms with E-state index in [4.69, 9.17) is 5.26 Å². The van der Waals surface area contributed by atoms with Crippen LogP contribution in [-0.2, 0) is 4.79 Å². The fourth-order valence-electron chi connectivity index (χ4n) is 3.19. The van der Waals surface area contributed by atoms with E-state index in [1.165, 1.54) is 12.3 Å². The molecule has 220 valence electrons. The number of rotatable bonds is 22. The molecule has 0 aliphatic carbocycles. The highest BCUT2D eigenvalue weighted by Crippen LogP contribution is 2.19. The van der Waals surface area contributed by atoms with Crippen molar-refractivity contribution in [2.45, 2.75) is 58.3 Å². The summed E-state index contributed by atoms with van der Waals surface area (Å²) in [5, 5.41) is 14.5. The molecule has 0 aromatic carbocycles. The second-order valence-corrected chi connectivity index (χ2v) is 11.4. The molecule has 2 amide bonds. The second kappa shape index (κ2) is 26.9. The van der Waals surface area contributed by atoms with E-state index in [-0.39, 0.29) is 17.5 Å². The van der Waals surface area contributed by atoms with Crippen LogP contribution in [0, 0.1) is 11.3 Å². The SMILES string of the molecule is CCC=CCC=CCC=CCC=CCC=CCC=CCCC(=O)NCCSSCCNC(=O)c1ccc(C#N)nc1. The molecule has 0 radical (unpaired) electrons. The van der Waals surface area contributed by atoms with Crippen molar-refractivity contribution in [2.24, 2.45) is 0 Å². The molecule has 2 N–H and O–H groups in total. The van der Waals surface area contributed by atoms with Crippen LogP contribution in [0.1, 0.15) is 74.3 Å². The predicted molar refractivity (Wildman–Crippen MR) is 177 cm³/mol. The summed E-state index contributed by atoms with van der Waals surface area (Å²) in [6.45, 7) is 3.31. The normalized spacial score (nSPS) is 12.0. The van der Waals surface area contributed by atoms with Crippen molar-refractivity contribution in [2.75, 3.05) is 24.6 Å². The van der Waals surface area contributed by atoms with Crippen molar-refractivity contribution in [1.29, 1.82) is 5.26 Å². The van der Waals surface area contributed by atoms with Crippen LogP contribution in [0.25, 0.3) is 0 Å². The first-order valence-electron chi connectivity index (χ1n) is 14.2. The number of allylic oxidation sites excluding steroid dienone is 12. The Labute approximate surface area is 254 Å². The second-order valence-electron chi connectivity index (χ2n) is 8.75. The monoisotopic (exact) mass is 592 g/mol. The largest absolute Gasteiger partial charge is 0.355 e. The lowest BCUT2D eigenvalue weighted by Crippen LogP contribution is -2.26. The number of nitrogens with one attached hydrogen (secondary N) is 2. The Hall–Kier alpha value is -3.28. The third kappa shape index (κ3) is 22.1. The average molecular weight is 593 g/mol. The number of pyridine rings is 1. The molecule has 0 spiro atoms. The van der Waals surface area contributed by atoms with Gasteiger partial charge in [0.25, 0.3) is 5.91 Å². The van der Waals surface area contributed by atoms with Gasteiger partial charge >= 0.3 is 0 Å². The van der Waals surface area contributed by atoms with Crippen molar-refractivity contribution in [1.82, 2.24) is 15.6 Å². The van der Waals surface area contributed by atoms with Gasteiger partial charge in [0.15, 0.2) is 0 Å². The third-order valence-electron chi connectivity index (χ3n) is 5.34. The number of aromatic nitrogens is 1. The molecule has 1 rings (SSSR count). The zero-order valence-electron chi connectivity index (χ0n) is 24.2. The van der Waals surface area contributed by atoms with Gasteiger partial charge in [-0.05, 0) is 57.1 Å². The number of carbonyl (C=O) groups excluding carboxylic acids is 2. The molecule has 0 saturated carbocycles. The fraction of sp³-hybridized carbons (Fsp3) is 0.394. The minimum absolute atomic E-state index is 0.0680. The summed E-state index contributed by atoms with van der Waals surface area (Å²) in [5.41, 5.74) is 0.725. The maximum absolute atomic E-state index is 12.0. The van der Waals surface area contributed by atoms with Gasteiger partial charge in [0, 0.05) is 37.2 Å². The van der Waals surface area contributed by atoms with Gasteiger partial charge in [0.05, 0.1) is 5.56 Å². The molecule has 0 unspecified atom stereocenters. The molecule has 0 aliphatic rings. The van der Waals surface area contributed by atoms with Crippen molar-refractivity contribution < 1.29 is 9.59 Å². The molecule has 0 fully saturated rings. The van der Waals surface area contributed by atoms with Crippen LogP contribution in [-0.4, -0.2) is 41.4 Å². The minimum atomic E-state index is -0.202. The Morgan fingerprint density at radius 1 is 0.780 bits per heavy atom. The predicted octanol–water partition coefficient (Wildman–Crippen LogP) is 7.66. The first kappa shape index (κ1) is 35.7. The average Bonchev–Trinajstić information content (AvgIpc) is 2.99. The zero-order chi connectivity index (χ0) is 29.6. The van der Waals surface area contributed by atoms with Gasteiger partial charge < -0.3 is 10.6 Å². The minimum Gasteiger partial charge on any atom is -0.355 e. The molecule has 0 bridgehead atoms. The fourth-order valence-corrected chi connectivity index (χ4v) is 5.01. The lowest BCUT2D eigenvalue weighted by molar-refractivity contribution is -0.120. The van der Waals surface area contributed by atoms with E-state index in [0.29, 0.717) is 25.1 Å². The van der Waals surface area contributed by atoms with Crippen molar-refractivity contribution >= 4 is 33.4 Å². The Bertz CT molecular complexity index is 1070. The van der Waals surface area contributed by atoms with Crippen LogP contribution >= 0.6 is 21.6 Å². The maximum Gasteiger partial charge on any atom is 0.252 e. The number of nitriles is 1. The third-order valence-corrected chi connectivity index (χ3v) is 7.74. The lowest BCUT2D eigenvalue weighted by Gasteiger charge is -2.06. The lowest BCUT2D eigenvalue weighted by atomic mass is 10.2. The molecular formula is C33H44N4O2S2. The van der Waals surface area contributed by atoms with Gasteiger partial charge in [-0.1, -0.05) is 101 Å². The first-order valence-corrected chi connectivity index (χ1v) is 16.7. The number of carbonyl (C=O) groups is 2. The molecule has 6 nitrogen and oxygen atoms in total. The summed E-state index contributed by atoms with van der Waals surface area (Å²) >= 11 is 0. The number of hydrogen-bond acceptors (Lipinski definition) is 6. The first-order chi connectivity index (χ1) is 20.2. The van der Waals surface area contributed by atoms with E-state index in [1.807, 2.05) is 6.07 Å². The van der Waals surface area contributed by atoms with Crippen LogP contribution in [0.5, 0.6) is 0 Å². The molecule has 1 heterocycles. The van der Waals surface area contributed by atoms with E-state index < -0.39 is 0 Å². The van der Waals surface area contributed by atoms with Crippen molar-refractivity contribution in [3.05, 3.63) is 102 Å². The van der Waals surface area contributed by atoms with Gasteiger partial charge in [-0.2, -0.15) is 5.26 Å². The van der Waals surface area contributed by atoms with E-state index in [0.717, 1.165) is 56.5 Å². The Balaban J connectivity index is 1.92. The summed E-state index contributed by atoms with van der Waals surface area (Å²) < 4.78 is 0. The highest BCUT2D eigenvalue weighted by Gasteiger charge is 2.05. The number of hydrogen-bond donors (Lipinski definition) is 2. The molecule has 0 atom stereocenters. The molecule has 1 aromatic rings. The van der Waals surface area contributed by atoms with Gasteiger partial charge in [-0.15, -0.1) is 0 Å². The van der Waals surface area contributed by atoms with Gasteiger partial charge in [-0.25, -0.2) is 4.98 Å². The number of amides is 2. The van der Waals surface area contributed by atoms with Crippen LogP contribution in [0.4, 0.5) is 0 Å². The van der Waals surface area contributed by atoms with Gasteiger partial charge in [0.1, 0.15) is 11.8 Å². The summed E-state index contributed by atoms with van der Waals surface area (Å²) in [6.07, 6.45) is 34.6. The van der Waals surface area contributed by atoms with Gasteiger partial charge in [0.2, 0.25) is 5.91 Å². The van der Waals surface area contributed by atoms with E-state index in [1.54, 1.807) is 27.7 Å². The summed E-state index contributed by atoms with van der Waals surface area (Å²) in [5.74, 6) is 1.44. The quantitative estimate of drug-likeness (QED) is 0.0815. The van der Waals surface area contributed by atoms with Crippen LogP contribution < -0.4 is 10.6 Å². The highest BCUT2D eigenvalue weighted by atomic mass is 33.1. The summed E-state index contributed by atoms with van der Waals surface area (Å²) in [7, 11) is 3.32. The number of nitrogens with zero attached hydrogens (tertiary/aromatic N) is 2. The van der Waals surface area contributed by atoms with Crippen molar-refractivity contribution in [3.8, 4) is 6.07 Å². The topological polar surface area (TPSA) is 94.9 Å². The smallest absolute Gasteiger partial charge is 0.252 e. The zero-order valence-corrected chi connectivity index (χ0v) is 25.8. The van der Waals surface area contributed by atoms with Crippen molar-refractivity contribution in [3.63, 3.8) is 0 Å². The van der Waals surface area contributed by atoms with E-state index >= 15 is 0 Å². The van der Waals surface area contributed by atoms with E-state index in [2.05, 4.69) is 95.5 Å². The Kier molecular flexibility index (Phi) is 23.5. The summed E-state index contributed by atoms with van der Waals surface area (Å²) in [4.78, 5) is 27.9. The maximum atomic E-state index is 12.0. The van der Waals surface area contributed by atoms with Crippen LogP contribution in [0.3, 0.4) is 0 Å². The molecule has 0 saturated heterocycles. The molecule has 0 aliphatic heterocycles. The Morgan fingerprint density at radius 3 is 1.78 bits per heavy atom. The molecular weight excluding hydrogens is 549 g/mol. The molecule has 1 aromatic heterocycles. The Morgan fingerprint density at radius 2 is 1.29 bits per heavy atom.